The summed E-state index contributed by atoms with van der Waals surface area (Å²) < 4.78 is 6.88. The summed E-state index contributed by atoms with van der Waals surface area (Å²) in [6, 6.07) is 3.62. The van der Waals surface area contributed by atoms with Gasteiger partial charge < -0.3 is 14.1 Å². The SMILES string of the molecule is CCOC(=O)c1cc2cc(-c3ncc[nH]3)cn2c(C(C)=O)c1C. The molecule has 23 heavy (non-hydrogen) atoms. The van der Waals surface area contributed by atoms with Crippen molar-refractivity contribution in [3.8, 4) is 11.4 Å². The van der Waals surface area contributed by atoms with Crippen molar-refractivity contribution in [2.24, 2.45) is 0 Å². The molecule has 0 amide bonds. The largest absolute Gasteiger partial charge is 0.462 e. The molecule has 6 heteroatoms. The van der Waals surface area contributed by atoms with E-state index in [1.807, 2.05) is 12.3 Å². The van der Waals surface area contributed by atoms with Crippen LogP contribution in [0.25, 0.3) is 16.9 Å². The van der Waals surface area contributed by atoms with Crippen molar-refractivity contribution >= 4 is 17.3 Å². The van der Waals surface area contributed by atoms with Crippen LogP contribution in [0.4, 0.5) is 0 Å². The molecule has 0 saturated heterocycles. The molecule has 3 heterocycles. The van der Waals surface area contributed by atoms with Crippen molar-refractivity contribution in [2.75, 3.05) is 6.61 Å². The van der Waals surface area contributed by atoms with E-state index in [2.05, 4.69) is 9.97 Å². The second-order valence-corrected chi connectivity index (χ2v) is 5.27. The zero-order valence-corrected chi connectivity index (χ0v) is 13.2. The number of nitrogens with zero attached hydrogens (tertiary/aromatic N) is 2. The van der Waals surface area contributed by atoms with Crippen molar-refractivity contribution in [3.63, 3.8) is 0 Å². The van der Waals surface area contributed by atoms with E-state index in [0.29, 0.717) is 22.6 Å². The fourth-order valence-electron chi connectivity index (χ4n) is 2.76. The lowest BCUT2D eigenvalue weighted by Crippen LogP contribution is -2.13. The zero-order valence-electron chi connectivity index (χ0n) is 13.2. The molecule has 0 aliphatic carbocycles. The lowest BCUT2D eigenvalue weighted by molar-refractivity contribution is 0.0525. The highest BCUT2D eigenvalue weighted by molar-refractivity contribution is 6.01. The van der Waals surface area contributed by atoms with E-state index in [4.69, 9.17) is 4.74 Å². The molecule has 0 aromatic carbocycles. The minimum atomic E-state index is -0.421. The van der Waals surface area contributed by atoms with E-state index in [9.17, 15) is 9.59 Å². The summed E-state index contributed by atoms with van der Waals surface area (Å²) in [7, 11) is 0. The van der Waals surface area contributed by atoms with Gasteiger partial charge in [-0.2, -0.15) is 0 Å². The second-order valence-electron chi connectivity index (χ2n) is 5.27. The Labute approximate surface area is 133 Å². The van der Waals surface area contributed by atoms with Crippen LogP contribution in [0.2, 0.25) is 0 Å². The Balaban J connectivity index is 2.27. The molecule has 118 valence electrons. The molecule has 0 radical (unpaired) electrons. The number of hydrogen-bond donors (Lipinski definition) is 1. The molecular formula is C17H17N3O3. The average Bonchev–Trinajstić information content (AvgIpc) is 3.14. The first-order chi connectivity index (χ1) is 11.0. The number of pyridine rings is 1. The third-order valence-corrected chi connectivity index (χ3v) is 3.74. The molecule has 0 unspecified atom stereocenters. The Morgan fingerprint density at radius 2 is 2.13 bits per heavy atom. The number of rotatable bonds is 4. The van der Waals surface area contributed by atoms with Gasteiger partial charge in [-0.25, -0.2) is 9.78 Å². The summed E-state index contributed by atoms with van der Waals surface area (Å²) in [6.07, 6.45) is 5.24. The smallest absolute Gasteiger partial charge is 0.338 e. The summed E-state index contributed by atoms with van der Waals surface area (Å²) in [5.41, 5.74) is 3.09. The summed E-state index contributed by atoms with van der Waals surface area (Å²) in [4.78, 5) is 31.5. The van der Waals surface area contributed by atoms with E-state index < -0.39 is 5.97 Å². The number of hydrogen-bond acceptors (Lipinski definition) is 4. The van der Waals surface area contributed by atoms with E-state index in [0.717, 1.165) is 11.1 Å². The van der Waals surface area contributed by atoms with Crippen LogP contribution in [0.15, 0.2) is 30.7 Å². The van der Waals surface area contributed by atoms with Crippen molar-refractivity contribution in [3.05, 3.63) is 47.5 Å². The summed E-state index contributed by atoms with van der Waals surface area (Å²) >= 11 is 0. The van der Waals surface area contributed by atoms with Gasteiger partial charge in [0, 0.05) is 36.6 Å². The van der Waals surface area contributed by atoms with Crippen LogP contribution in [0.3, 0.4) is 0 Å². The molecule has 0 fully saturated rings. The summed E-state index contributed by atoms with van der Waals surface area (Å²) in [5.74, 6) is 0.175. The molecule has 0 spiro atoms. The summed E-state index contributed by atoms with van der Waals surface area (Å²) in [5, 5.41) is 0. The number of fused-ring (bicyclic) bond motifs is 1. The number of aromatic nitrogens is 3. The lowest BCUT2D eigenvalue weighted by atomic mass is 10.0. The van der Waals surface area contributed by atoms with Gasteiger partial charge in [-0.15, -0.1) is 0 Å². The van der Waals surface area contributed by atoms with E-state index in [1.165, 1.54) is 6.92 Å². The zero-order chi connectivity index (χ0) is 16.6. The number of aromatic amines is 1. The number of carbonyl (C=O) groups excluding carboxylic acids is 2. The average molecular weight is 311 g/mol. The third-order valence-electron chi connectivity index (χ3n) is 3.74. The molecule has 6 nitrogen and oxygen atoms in total. The maximum absolute atomic E-state index is 12.2. The Hall–Kier alpha value is -2.89. The molecule has 3 rings (SSSR count). The van der Waals surface area contributed by atoms with Gasteiger partial charge in [0.2, 0.25) is 0 Å². The van der Waals surface area contributed by atoms with Gasteiger partial charge >= 0.3 is 5.97 Å². The third kappa shape index (κ3) is 2.52. The van der Waals surface area contributed by atoms with Gasteiger partial charge in [-0.3, -0.25) is 4.79 Å². The number of Topliss-reactive ketones (excluding diaryl/α,β-unsaturated/α-hetero) is 1. The first-order valence-electron chi connectivity index (χ1n) is 7.36. The van der Waals surface area contributed by atoms with Gasteiger partial charge in [0.25, 0.3) is 0 Å². The first-order valence-corrected chi connectivity index (χ1v) is 7.36. The highest BCUT2D eigenvalue weighted by Gasteiger charge is 2.20. The first kappa shape index (κ1) is 15.0. The molecule has 1 N–H and O–H groups in total. The quantitative estimate of drug-likeness (QED) is 0.593. The van der Waals surface area contributed by atoms with Crippen molar-refractivity contribution in [1.82, 2.24) is 14.4 Å². The number of imidazole rings is 1. The Kier molecular flexibility index (Phi) is 3.73. The van der Waals surface area contributed by atoms with Crippen LogP contribution < -0.4 is 0 Å². The van der Waals surface area contributed by atoms with Crippen LogP contribution in [-0.4, -0.2) is 32.7 Å². The van der Waals surface area contributed by atoms with Gasteiger partial charge in [0.15, 0.2) is 5.78 Å². The molecule has 3 aromatic heterocycles. The van der Waals surface area contributed by atoms with Gasteiger partial charge in [0.1, 0.15) is 5.82 Å². The van der Waals surface area contributed by atoms with Crippen LogP contribution in [-0.2, 0) is 4.74 Å². The second kappa shape index (κ2) is 5.72. The molecule has 0 atom stereocenters. The van der Waals surface area contributed by atoms with Crippen molar-refractivity contribution in [1.29, 1.82) is 0 Å². The van der Waals surface area contributed by atoms with E-state index >= 15 is 0 Å². The number of H-pyrrole nitrogens is 1. The molecule has 0 aliphatic rings. The monoisotopic (exact) mass is 311 g/mol. The molecule has 0 saturated carbocycles. The highest BCUT2D eigenvalue weighted by Crippen LogP contribution is 2.25. The lowest BCUT2D eigenvalue weighted by Gasteiger charge is -2.12. The molecule has 0 aliphatic heterocycles. The van der Waals surface area contributed by atoms with Crippen molar-refractivity contribution < 1.29 is 14.3 Å². The highest BCUT2D eigenvalue weighted by atomic mass is 16.5. The van der Waals surface area contributed by atoms with Gasteiger partial charge in [-0.1, -0.05) is 0 Å². The van der Waals surface area contributed by atoms with Crippen molar-refractivity contribution in [2.45, 2.75) is 20.8 Å². The fourth-order valence-corrected chi connectivity index (χ4v) is 2.76. The van der Waals surface area contributed by atoms with Crippen LogP contribution >= 0.6 is 0 Å². The number of ether oxygens (including phenoxy) is 1. The maximum Gasteiger partial charge on any atom is 0.338 e. The predicted molar refractivity (Wildman–Crippen MR) is 85.7 cm³/mol. The minimum Gasteiger partial charge on any atom is -0.462 e. The number of ketones is 1. The number of nitrogens with one attached hydrogen (secondary N) is 1. The van der Waals surface area contributed by atoms with Crippen LogP contribution in [0.1, 0.15) is 40.3 Å². The van der Waals surface area contributed by atoms with Gasteiger partial charge in [0.05, 0.1) is 17.9 Å². The number of carbonyl (C=O) groups is 2. The Morgan fingerprint density at radius 1 is 1.35 bits per heavy atom. The fraction of sp³-hybridized carbons (Fsp3) is 0.235. The standard InChI is InChI=1S/C17H17N3O3/c1-4-23-17(22)14-8-13-7-12(16-18-5-6-19-16)9-20(13)15(10(14)2)11(3)21/h5-9H,4H2,1-3H3,(H,18,19). The van der Waals surface area contributed by atoms with E-state index in [-0.39, 0.29) is 12.4 Å². The normalized spacial score (nSPS) is 10.9. The number of esters is 1. The predicted octanol–water partition coefficient (Wildman–Crippen LogP) is 3.02. The minimum absolute atomic E-state index is 0.111. The van der Waals surface area contributed by atoms with E-state index in [1.54, 1.807) is 36.7 Å². The topological polar surface area (TPSA) is 76.5 Å². The summed E-state index contributed by atoms with van der Waals surface area (Å²) in [6.45, 7) is 5.29. The maximum atomic E-state index is 12.2. The Morgan fingerprint density at radius 3 is 2.74 bits per heavy atom. The Bertz CT molecular complexity index is 892. The van der Waals surface area contributed by atoms with Crippen LogP contribution in [0.5, 0.6) is 0 Å². The molecule has 0 bridgehead atoms. The van der Waals surface area contributed by atoms with Gasteiger partial charge in [-0.05, 0) is 31.5 Å². The molecule has 3 aromatic rings. The van der Waals surface area contributed by atoms with Crippen LogP contribution in [0, 0.1) is 6.92 Å². The molecular weight excluding hydrogens is 294 g/mol.